The summed E-state index contributed by atoms with van der Waals surface area (Å²) in [5.74, 6) is 0. The van der Waals surface area contributed by atoms with Crippen molar-refractivity contribution in [1.82, 2.24) is 0 Å². The second-order valence-electron chi connectivity index (χ2n) is 2.32. The van der Waals surface area contributed by atoms with Crippen LogP contribution in [0.4, 0.5) is 0 Å². The maximum absolute atomic E-state index is 5.31. The molecule has 10 heavy (non-hydrogen) atoms. The van der Waals surface area contributed by atoms with Crippen molar-refractivity contribution in [2.75, 3.05) is 13.2 Å². The third kappa shape index (κ3) is 11.2. The Bertz CT molecular complexity index is 42.5. The van der Waals surface area contributed by atoms with Crippen molar-refractivity contribution in [1.29, 1.82) is 0 Å². The van der Waals surface area contributed by atoms with Crippen LogP contribution in [0.15, 0.2) is 0 Å². The molecule has 0 spiro atoms. The first-order chi connectivity index (χ1) is 4.41. The lowest BCUT2D eigenvalue weighted by atomic mass is 10.3. The number of unbranched alkanes of at least 4 members (excludes halogenated alkanes) is 2. The van der Waals surface area contributed by atoms with Crippen LogP contribution in [0.25, 0.3) is 0 Å². The van der Waals surface area contributed by atoms with Crippen molar-refractivity contribution < 1.29 is 4.74 Å². The molecule has 1 nitrogen and oxygen atoms in total. The van der Waals surface area contributed by atoms with E-state index < -0.39 is 0 Å². The Morgan fingerprint density at radius 1 is 0.900 bits per heavy atom. The number of rotatable bonds is 6. The van der Waals surface area contributed by atoms with Crippen molar-refractivity contribution in [2.45, 2.75) is 39.5 Å². The molecule has 0 saturated carbocycles. The Labute approximate surface area is 68.2 Å². The first kappa shape index (κ1) is 13.0. The minimum Gasteiger partial charge on any atom is -0.381 e. The monoisotopic (exact) mass is 164 g/mol. The fourth-order valence-electron chi connectivity index (χ4n) is 0.595. The zero-order chi connectivity index (χ0) is 6.95. The lowest BCUT2D eigenvalue weighted by Crippen LogP contribution is -1.95. The van der Waals surface area contributed by atoms with E-state index >= 15 is 0 Å². The van der Waals surface area contributed by atoms with Crippen LogP contribution in [0.5, 0.6) is 0 Å². The first-order valence-electron chi connectivity index (χ1n) is 3.99. The van der Waals surface area contributed by atoms with Crippen LogP contribution in [0.3, 0.4) is 0 Å². The quantitative estimate of drug-likeness (QED) is 0.433. The smallest absolute Gasteiger partial charge is 0.0465 e. The predicted octanol–water partition coefficient (Wildman–Crippen LogP) is 2.66. The van der Waals surface area contributed by atoms with Gasteiger partial charge < -0.3 is 4.74 Å². The second-order valence-corrected chi connectivity index (χ2v) is 2.32. The highest BCUT2D eigenvalue weighted by Crippen LogP contribution is 1.91. The van der Waals surface area contributed by atoms with Crippen molar-refractivity contribution in [3.63, 3.8) is 0 Å². The van der Waals surface area contributed by atoms with Gasteiger partial charge in [0.25, 0.3) is 0 Å². The molecule has 0 N–H and O–H groups in total. The van der Waals surface area contributed by atoms with Gasteiger partial charge in [0.2, 0.25) is 0 Å². The molecule has 0 heterocycles. The summed E-state index contributed by atoms with van der Waals surface area (Å²) < 4.78 is 5.31. The highest BCUT2D eigenvalue weighted by atomic mass is 31.0. The fourth-order valence-corrected chi connectivity index (χ4v) is 0.595. The molecule has 0 aromatic carbocycles. The first-order valence-corrected chi connectivity index (χ1v) is 3.99. The van der Waals surface area contributed by atoms with Gasteiger partial charge in [-0.2, -0.15) is 9.90 Å². The number of ether oxygens (including phenoxy) is 1. The lowest BCUT2D eigenvalue weighted by molar-refractivity contribution is 0.128. The molecule has 0 bridgehead atoms. The Morgan fingerprint density at radius 3 is 1.60 bits per heavy atom. The van der Waals surface area contributed by atoms with Gasteiger partial charge in [0.15, 0.2) is 0 Å². The Morgan fingerprint density at radius 2 is 1.30 bits per heavy atom. The Balaban J connectivity index is 0. The SMILES string of the molecule is CCCCOCCCC.P. The van der Waals surface area contributed by atoms with Crippen LogP contribution < -0.4 is 0 Å². The molecular formula is C8H21OP. The minimum absolute atomic E-state index is 0. The number of hydrogen-bond donors (Lipinski definition) is 0. The maximum Gasteiger partial charge on any atom is 0.0465 e. The van der Waals surface area contributed by atoms with Gasteiger partial charge in [-0.3, -0.25) is 0 Å². The van der Waals surface area contributed by atoms with Crippen molar-refractivity contribution in [2.24, 2.45) is 0 Å². The molecular weight excluding hydrogens is 143 g/mol. The van der Waals surface area contributed by atoms with Crippen molar-refractivity contribution in [3.05, 3.63) is 0 Å². The molecule has 0 aliphatic rings. The van der Waals surface area contributed by atoms with E-state index in [1.807, 2.05) is 0 Å². The topological polar surface area (TPSA) is 9.23 Å². The maximum atomic E-state index is 5.31. The number of hydrogen-bond acceptors (Lipinski definition) is 1. The Kier molecular flexibility index (Phi) is 15.8. The summed E-state index contributed by atoms with van der Waals surface area (Å²) in [6.45, 7) is 6.28. The zero-order valence-electron chi connectivity index (χ0n) is 7.36. The van der Waals surface area contributed by atoms with Crippen LogP contribution in [-0.4, -0.2) is 13.2 Å². The highest BCUT2D eigenvalue weighted by Gasteiger charge is 1.84. The van der Waals surface area contributed by atoms with Crippen LogP contribution >= 0.6 is 9.90 Å². The summed E-state index contributed by atoms with van der Waals surface area (Å²) in [7, 11) is 0. The molecule has 0 aromatic rings. The average Bonchev–Trinajstić information content (AvgIpc) is 1.89. The van der Waals surface area contributed by atoms with Gasteiger partial charge in [-0.1, -0.05) is 26.7 Å². The zero-order valence-corrected chi connectivity index (χ0v) is 8.77. The summed E-state index contributed by atoms with van der Waals surface area (Å²) in [6.07, 6.45) is 4.91. The van der Waals surface area contributed by atoms with Crippen LogP contribution in [0, 0.1) is 0 Å². The molecule has 0 aliphatic heterocycles. The van der Waals surface area contributed by atoms with Crippen LogP contribution in [0.2, 0.25) is 0 Å². The molecule has 0 amide bonds. The molecule has 0 fully saturated rings. The lowest BCUT2D eigenvalue weighted by Gasteiger charge is -1.99. The summed E-state index contributed by atoms with van der Waals surface area (Å²) >= 11 is 0. The third-order valence-electron chi connectivity index (χ3n) is 1.28. The summed E-state index contributed by atoms with van der Waals surface area (Å²) in [5.41, 5.74) is 0. The average molecular weight is 164 g/mol. The molecule has 0 aromatic heterocycles. The van der Waals surface area contributed by atoms with Gasteiger partial charge in [-0.15, -0.1) is 0 Å². The molecule has 0 rings (SSSR count). The minimum atomic E-state index is 0. The van der Waals surface area contributed by atoms with Gasteiger partial charge in [0, 0.05) is 13.2 Å². The van der Waals surface area contributed by atoms with Crippen LogP contribution in [-0.2, 0) is 4.74 Å². The molecule has 0 saturated heterocycles. The second kappa shape index (κ2) is 12.1. The van der Waals surface area contributed by atoms with Gasteiger partial charge >= 0.3 is 0 Å². The van der Waals surface area contributed by atoms with E-state index in [0.717, 1.165) is 13.2 Å². The third-order valence-corrected chi connectivity index (χ3v) is 1.28. The van der Waals surface area contributed by atoms with E-state index in [9.17, 15) is 0 Å². The Hall–Kier alpha value is 0.390. The van der Waals surface area contributed by atoms with E-state index in [0.29, 0.717) is 0 Å². The molecule has 0 radical (unpaired) electrons. The molecule has 1 atom stereocenters. The van der Waals surface area contributed by atoms with E-state index in [4.69, 9.17) is 4.74 Å². The van der Waals surface area contributed by atoms with Crippen LogP contribution in [0.1, 0.15) is 39.5 Å². The predicted molar refractivity (Wildman–Crippen MR) is 51.7 cm³/mol. The van der Waals surface area contributed by atoms with E-state index in [-0.39, 0.29) is 9.90 Å². The molecule has 2 heteroatoms. The van der Waals surface area contributed by atoms with E-state index in [1.54, 1.807) is 0 Å². The summed E-state index contributed by atoms with van der Waals surface area (Å²) in [4.78, 5) is 0. The standard InChI is InChI=1S/C8H18O.H3P/c1-3-5-7-9-8-6-4-2;/h3-8H2,1-2H3;1H3. The van der Waals surface area contributed by atoms with E-state index in [1.165, 1.54) is 25.7 Å². The summed E-state index contributed by atoms with van der Waals surface area (Å²) in [6, 6.07) is 0. The highest BCUT2D eigenvalue weighted by molar-refractivity contribution is 6.92. The van der Waals surface area contributed by atoms with Crippen molar-refractivity contribution in [3.8, 4) is 0 Å². The van der Waals surface area contributed by atoms with E-state index in [2.05, 4.69) is 13.8 Å². The normalized spacial score (nSPS) is 9.00. The van der Waals surface area contributed by atoms with Gasteiger partial charge in [0.05, 0.1) is 0 Å². The van der Waals surface area contributed by atoms with Crippen molar-refractivity contribution >= 4 is 9.90 Å². The van der Waals surface area contributed by atoms with Gasteiger partial charge in [-0.05, 0) is 12.8 Å². The fraction of sp³-hybridized carbons (Fsp3) is 1.00. The van der Waals surface area contributed by atoms with Gasteiger partial charge in [-0.25, -0.2) is 0 Å². The largest absolute Gasteiger partial charge is 0.381 e. The summed E-state index contributed by atoms with van der Waals surface area (Å²) in [5, 5.41) is 0. The molecule has 64 valence electrons. The molecule has 0 aliphatic carbocycles. The molecule has 1 unspecified atom stereocenters. The van der Waals surface area contributed by atoms with Gasteiger partial charge in [0.1, 0.15) is 0 Å².